The number of methoxy groups -OCH3 is 1. The third-order valence-corrected chi connectivity index (χ3v) is 5.41. The third-order valence-electron chi connectivity index (χ3n) is 5.41. The Morgan fingerprint density at radius 2 is 1.87 bits per heavy atom. The number of carbonyl (C=O) groups excluding carboxylic acids is 2. The molecule has 3 aromatic rings. The minimum Gasteiger partial charge on any atom is -0.467 e. The van der Waals surface area contributed by atoms with Crippen LogP contribution in [0.3, 0.4) is 0 Å². The summed E-state index contributed by atoms with van der Waals surface area (Å²) in [6.45, 7) is 5.68. The number of ether oxygens (including phenoxy) is 1. The summed E-state index contributed by atoms with van der Waals surface area (Å²) in [6.07, 6.45) is 0.708. The topological polar surface area (TPSA) is 113 Å². The summed E-state index contributed by atoms with van der Waals surface area (Å²) in [5.41, 5.74) is 2.49. The molecule has 2 aromatic carbocycles. The number of benzene rings is 2. The normalized spacial score (nSPS) is 12.8. The molecular formula is C23H26N4O4. The first kappa shape index (κ1) is 22.0. The number of hydrogen-bond donors (Lipinski definition) is 3. The van der Waals surface area contributed by atoms with Gasteiger partial charge in [0.1, 0.15) is 6.04 Å². The molecule has 2 amide bonds. The Morgan fingerprint density at radius 3 is 2.55 bits per heavy atom. The van der Waals surface area contributed by atoms with Crippen molar-refractivity contribution in [2.45, 2.75) is 33.2 Å². The van der Waals surface area contributed by atoms with Crippen molar-refractivity contribution in [2.75, 3.05) is 12.4 Å². The van der Waals surface area contributed by atoms with E-state index in [-0.39, 0.29) is 11.5 Å². The van der Waals surface area contributed by atoms with Gasteiger partial charge in [0.25, 0.3) is 5.56 Å². The molecule has 1 aromatic heterocycles. The standard InChI is InChI=1S/C23H26N4O4/c1-5-13(2)19(22(29)31-4)25-23(30)24-18-12-15(11-10-14(18)3)20-16-8-6-7-9-17(16)21(28)27-26-20/h6-13,19H,5H2,1-4H3,(H,27,28)(H2,24,25,30)/t13-,19+/m1/s1. The lowest BCUT2D eigenvalue weighted by atomic mass is 9.99. The van der Waals surface area contributed by atoms with Crippen LogP contribution in [0.2, 0.25) is 0 Å². The molecule has 3 rings (SSSR count). The van der Waals surface area contributed by atoms with Gasteiger partial charge in [0, 0.05) is 16.6 Å². The summed E-state index contributed by atoms with van der Waals surface area (Å²) in [5, 5.41) is 13.5. The maximum absolute atomic E-state index is 12.6. The molecule has 8 nitrogen and oxygen atoms in total. The molecule has 0 saturated carbocycles. The van der Waals surface area contributed by atoms with Crippen LogP contribution in [0.25, 0.3) is 22.0 Å². The molecule has 162 valence electrons. The Morgan fingerprint density at radius 1 is 1.16 bits per heavy atom. The van der Waals surface area contributed by atoms with E-state index in [2.05, 4.69) is 20.8 Å². The summed E-state index contributed by atoms with van der Waals surface area (Å²) >= 11 is 0. The number of fused-ring (bicyclic) bond motifs is 1. The molecule has 0 spiro atoms. The molecule has 1 heterocycles. The number of nitrogens with one attached hydrogen (secondary N) is 3. The maximum Gasteiger partial charge on any atom is 0.328 e. The number of aryl methyl sites for hydroxylation is 1. The number of rotatable bonds is 6. The fourth-order valence-electron chi connectivity index (χ4n) is 3.33. The lowest BCUT2D eigenvalue weighted by Gasteiger charge is -2.22. The van der Waals surface area contributed by atoms with Gasteiger partial charge >= 0.3 is 12.0 Å². The Hall–Kier alpha value is -3.68. The quantitative estimate of drug-likeness (QED) is 0.525. The summed E-state index contributed by atoms with van der Waals surface area (Å²) in [7, 11) is 1.30. The third kappa shape index (κ3) is 4.74. The maximum atomic E-state index is 12.6. The number of hydrogen-bond acceptors (Lipinski definition) is 5. The van der Waals surface area contributed by atoms with E-state index in [1.165, 1.54) is 7.11 Å². The van der Waals surface area contributed by atoms with Gasteiger partial charge in [0.05, 0.1) is 18.2 Å². The molecule has 0 unspecified atom stereocenters. The Balaban J connectivity index is 1.90. The van der Waals surface area contributed by atoms with Gasteiger partial charge in [-0.05, 0) is 30.5 Å². The number of aromatic nitrogens is 2. The second-order valence-corrected chi connectivity index (χ2v) is 7.46. The average molecular weight is 422 g/mol. The highest BCUT2D eigenvalue weighted by molar-refractivity contribution is 5.96. The minimum absolute atomic E-state index is 0.0812. The second kappa shape index (κ2) is 9.42. The van der Waals surface area contributed by atoms with Crippen molar-refractivity contribution in [2.24, 2.45) is 5.92 Å². The molecule has 0 aliphatic heterocycles. The van der Waals surface area contributed by atoms with Crippen molar-refractivity contribution in [3.63, 3.8) is 0 Å². The lowest BCUT2D eigenvalue weighted by molar-refractivity contribution is -0.144. The number of amides is 2. The Labute approximate surface area is 180 Å². The highest BCUT2D eigenvalue weighted by Gasteiger charge is 2.26. The molecule has 0 fully saturated rings. The number of urea groups is 1. The number of H-pyrrole nitrogens is 1. The van der Waals surface area contributed by atoms with E-state index in [4.69, 9.17) is 4.74 Å². The van der Waals surface area contributed by atoms with Crippen molar-refractivity contribution in [3.8, 4) is 11.3 Å². The zero-order chi connectivity index (χ0) is 22.5. The smallest absolute Gasteiger partial charge is 0.328 e. The van der Waals surface area contributed by atoms with Crippen LogP contribution in [0.15, 0.2) is 47.3 Å². The van der Waals surface area contributed by atoms with Crippen molar-refractivity contribution in [1.82, 2.24) is 15.5 Å². The summed E-state index contributed by atoms with van der Waals surface area (Å²) in [4.78, 5) is 36.8. The van der Waals surface area contributed by atoms with E-state index < -0.39 is 18.0 Å². The SMILES string of the molecule is CC[C@@H](C)[C@H](NC(=O)Nc1cc(-c2n[nH]c(=O)c3ccccc23)ccc1C)C(=O)OC. The predicted molar refractivity (Wildman–Crippen MR) is 120 cm³/mol. The highest BCUT2D eigenvalue weighted by atomic mass is 16.5. The minimum atomic E-state index is -0.747. The summed E-state index contributed by atoms with van der Waals surface area (Å²) < 4.78 is 4.82. The van der Waals surface area contributed by atoms with Crippen LogP contribution in [0, 0.1) is 12.8 Å². The van der Waals surface area contributed by atoms with E-state index in [0.717, 1.165) is 11.1 Å². The Bertz CT molecular complexity index is 1170. The van der Waals surface area contributed by atoms with Crippen LogP contribution in [0.4, 0.5) is 10.5 Å². The number of esters is 1. The summed E-state index contributed by atoms with van der Waals surface area (Å²) in [5.74, 6) is -0.568. The van der Waals surface area contributed by atoms with Crippen molar-refractivity contribution >= 4 is 28.5 Å². The fraction of sp³-hybridized carbons (Fsp3) is 0.304. The monoisotopic (exact) mass is 422 g/mol. The van der Waals surface area contributed by atoms with E-state index >= 15 is 0 Å². The molecule has 0 bridgehead atoms. The largest absolute Gasteiger partial charge is 0.467 e. The average Bonchev–Trinajstić information content (AvgIpc) is 2.78. The van der Waals surface area contributed by atoms with Gasteiger partial charge < -0.3 is 15.4 Å². The predicted octanol–water partition coefficient (Wildman–Crippen LogP) is 3.61. The molecule has 0 aliphatic carbocycles. The fourth-order valence-corrected chi connectivity index (χ4v) is 3.33. The lowest BCUT2D eigenvalue weighted by Crippen LogP contribution is -2.47. The van der Waals surface area contributed by atoms with Crippen molar-refractivity contribution < 1.29 is 14.3 Å². The number of nitrogens with zero attached hydrogens (tertiary/aromatic N) is 1. The molecule has 0 radical (unpaired) electrons. The summed E-state index contributed by atoms with van der Waals surface area (Å²) in [6, 6.07) is 11.5. The van der Waals surface area contributed by atoms with Gasteiger partial charge in [0.15, 0.2) is 0 Å². The van der Waals surface area contributed by atoms with Crippen molar-refractivity contribution in [1.29, 1.82) is 0 Å². The number of carbonyl (C=O) groups is 2. The van der Waals surface area contributed by atoms with Crippen LogP contribution in [-0.2, 0) is 9.53 Å². The van der Waals surface area contributed by atoms with Gasteiger partial charge in [-0.3, -0.25) is 4.79 Å². The molecular weight excluding hydrogens is 396 g/mol. The van der Waals surface area contributed by atoms with Gasteiger partial charge in [-0.2, -0.15) is 5.10 Å². The Kier molecular flexibility index (Phi) is 6.69. The van der Waals surface area contributed by atoms with Crippen LogP contribution in [-0.4, -0.2) is 35.3 Å². The zero-order valence-corrected chi connectivity index (χ0v) is 18.0. The molecule has 0 aliphatic rings. The van der Waals surface area contributed by atoms with E-state index in [1.807, 2.05) is 45.0 Å². The molecule has 31 heavy (non-hydrogen) atoms. The molecule has 8 heteroatoms. The first-order valence-corrected chi connectivity index (χ1v) is 10.1. The molecule has 0 saturated heterocycles. The molecule has 2 atom stereocenters. The van der Waals surface area contributed by atoms with E-state index in [9.17, 15) is 14.4 Å². The first-order chi connectivity index (χ1) is 14.8. The van der Waals surface area contributed by atoms with E-state index in [0.29, 0.717) is 28.6 Å². The molecule has 3 N–H and O–H groups in total. The number of aromatic amines is 1. The van der Waals surface area contributed by atoms with Crippen LogP contribution >= 0.6 is 0 Å². The van der Waals surface area contributed by atoms with Crippen molar-refractivity contribution in [3.05, 3.63) is 58.4 Å². The first-order valence-electron chi connectivity index (χ1n) is 10.1. The highest BCUT2D eigenvalue weighted by Crippen LogP contribution is 2.28. The number of anilines is 1. The second-order valence-electron chi connectivity index (χ2n) is 7.46. The van der Waals surface area contributed by atoms with Gasteiger partial charge in [-0.25, -0.2) is 14.7 Å². The van der Waals surface area contributed by atoms with Crippen LogP contribution in [0.5, 0.6) is 0 Å². The van der Waals surface area contributed by atoms with E-state index in [1.54, 1.807) is 18.2 Å². The van der Waals surface area contributed by atoms with Gasteiger partial charge in [-0.15, -0.1) is 0 Å². The zero-order valence-electron chi connectivity index (χ0n) is 18.0. The van der Waals surface area contributed by atoms with Crippen LogP contribution in [0.1, 0.15) is 25.8 Å². The van der Waals surface area contributed by atoms with Gasteiger partial charge in [0.2, 0.25) is 0 Å². The van der Waals surface area contributed by atoms with Crippen LogP contribution < -0.4 is 16.2 Å². The van der Waals surface area contributed by atoms with Gasteiger partial charge in [-0.1, -0.05) is 50.6 Å².